The molecule has 1 amide bonds. The average molecular weight is 450 g/mol. The largest absolute Gasteiger partial charge is 0.481 e. The minimum absolute atomic E-state index is 0.0778. The molecule has 0 saturated carbocycles. The van der Waals surface area contributed by atoms with Crippen molar-refractivity contribution >= 4 is 38.1 Å². The smallest absolute Gasteiger partial charge is 0.255 e. The second-order valence-electron chi connectivity index (χ2n) is 5.11. The number of halogens is 1. The highest BCUT2D eigenvalue weighted by molar-refractivity contribution is 9.10. The molecule has 0 fully saturated rings. The quantitative estimate of drug-likeness (QED) is 0.365. The van der Waals surface area contributed by atoms with Crippen molar-refractivity contribution in [2.75, 3.05) is 13.2 Å². The molecule has 0 unspecified atom stereocenters. The number of terminal acetylenes is 1. The number of amides is 1. The standard InChI is InChI=1S/C18H16BrN3O4S/c1-2-10-26-15-8-9-17(19)14(11-15)12-20-22-18(23)13-21-27(24,25)16-6-4-3-5-7-16/h1,3-9,11-12,21H,10,13H2,(H,22,23). The number of nitrogens with zero attached hydrogens (tertiary/aromatic N) is 1. The molecule has 9 heteroatoms. The number of nitrogens with one attached hydrogen (secondary N) is 2. The fourth-order valence-corrected chi connectivity index (χ4v) is 3.24. The number of sulfonamides is 1. The van der Waals surface area contributed by atoms with Crippen LogP contribution in [0.3, 0.4) is 0 Å². The number of hydrazone groups is 1. The molecule has 140 valence electrons. The summed E-state index contributed by atoms with van der Waals surface area (Å²) in [5.74, 6) is 2.31. The van der Waals surface area contributed by atoms with Crippen molar-refractivity contribution in [3.63, 3.8) is 0 Å². The minimum Gasteiger partial charge on any atom is -0.481 e. The van der Waals surface area contributed by atoms with Crippen molar-refractivity contribution < 1.29 is 17.9 Å². The van der Waals surface area contributed by atoms with Gasteiger partial charge >= 0.3 is 0 Å². The van der Waals surface area contributed by atoms with Crippen molar-refractivity contribution in [2.24, 2.45) is 5.10 Å². The van der Waals surface area contributed by atoms with Gasteiger partial charge in [0.2, 0.25) is 10.0 Å². The van der Waals surface area contributed by atoms with Crippen molar-refractivity contribution in [2.45, 2.75) is 4.90 Å². The van der Waals surface area contributed by atoms with E-state index in [1.807, 2.05) is 0 Å². The van der Waals surface area contributed by atoms with E-state index in [4.69, 9.17) is 11.2 Å². The van der Waals surface area contributed by atoms with Gasteiger partial charge in [-0.25, -0.2) is 18.6 Å². The molecule has 0 saturated heterocycles. The SMILES string of the molecule is C#CCOc1ccc(Br)c(C=NNC(=O)CNS(=O)(=O)c2ccccc2)c1. The zero-order chi connectivity index (χ0) is 19.7. The first kappa shape index (κ1) is 20.6. The van der Waals surface area contributed by atoms with Crippen LogP contribution < -0.4 is 14.9 Å². The topological polar surface area (TPSA) is 96.9 Å². The molecule has 2 rings (SSSR count). The number of ether oxygens (including phenoxy) is 1. The summed E-state index contributed by atoms with van der Waals surface area (Å²) in [6.45, 7) is -0.308. The number of carbonyl (C=O) groups is 1. The lowest BCUT2D eigenvalue weighted by Gasteiger charge is -2.06. The van der Waals surface area contributed by atoms with Crippen molar-refractivity contribution in [1.82, 2.24) is 10.1 Å². The van der Waals surface area contributed by atoms with Gasteiger partial charge in [0.1, 0.15) is 12.4 Å². The minimum atomic E-state index is -3.76. The number of hydrogen-bond acceptors (Lipinski definition) is 5. The van der Waals surface area contributed by atoms with Crippen LogP contribution in [0.1, 0.15) is 5.56 Å². The van der Waals surface area contributed by atoms with Crippen LogP contribution in [-0.4, -0.2) is 33.7 Å². The van der Waals surface area contributed by atoms with E-state index in [2.05, 4.69) is 37.1 Å². The summed E-state index contributed by atoms with van der Waals surface area (Å²) in [4.78, 5) is 11.9. The van der Waals surface area contributed by atoms with Crippen LogP contribution >= 0.6 is 15.9 Å². The maximum atomic E-state index is 12.0. The molecular weight excluding hydrogens is 434 g/mol. The van der Waals surface area contributed by atoms with E-state index < -0.39 is 22.5 Å². The Bertz CT molecular complexity index is 970. The molecular formula is C18H16BrN3O4S. The Morgan fingerprint density at radius 2 is 2.00 bits per heavy atom. The first-order valence-corrected chi connectivity index (χ1v) is 9.92. The number of hydrogen-bond donors (Lipinski definition) is 2. The Labute approximate surface area is 166 Å². The second-order valence-corrected chi connectivity index (χ2v) is 7.73. The van der Waals surface area contributed by atoms with E-state index in [-0.39, 0.29) is 11.5 Å². The summed E-state index contributed by atoms with van der Waals surface area (Å²) < 4.78 is 32.3. The van der Waals surface area contributed by atoms with E-state index in [9.17, 15) is 13.2 Å². The van der Waals surface area contributed by atoms with Crippen molar-refractivity contribution in [3.8, 4) is 18.1 Å². The lowest BCUT2D eigenvalue weighted by Crippen LogP contribution is -2.34. The van der Waals surface area contributed by atoms with Gasteiger partial charge < -0.3 is 4.74 Å². The highest BCUT2D eigenvalue weighted by atomic mass is 79.9. The predicted octanol–water partition coefficient (Wildman–Crippen LogP) is 1.89. The van der Waals surface area contributed by atoms with Gasteiger partial charge in [-0.05, 0) is 30.3 Å². The predicted molar refractivity (Wildman–Crippen MR) is 106 cm³/mol. The second kappa shape index (κ2) is 9.87. The third kappa shape index (κ3) is 6.53. The lowest BCUT2D eigenvalue weighted by atomic mass is 10.2. The highest BCUT2D eigenvalue weighted by Crippen LogP contribution is 2.21. The Hall–Kier alpha value is -2.67. The first-order valence-electron chi connectivity index (χ1n) is 7.65. The fourth-order valence-electron chi connectivity index (χ4n) is 1.89. The molecule has 0 aliphatic rings. The Morgan fingerprint density at radius 1 is 1.26 bits per heavy atom. The molecule has 0 bridgehead atoms. The molecule has 0 radical (unpaired) electrons. The average Bonchev–Trinajstić information content (AvgIpc) is 2.67. The van der Waals surface area contributed by atoms with Crippen LogP contribution in [0.4, 0.5) is 0 Å². The molecule has 0 heterocycles. The van der Waals surface area contributed by atoms with E-state index in [0.717, 1.165) is 4.47 Å². The molecule has 0 aliphatic heterocycles. The van der Waals surface area contributed by atoms with Gasteiger partial charge in [0.25, 0.3) is 5.91 Å². The summed E-state index contributed by atoms with van der Waals surface area (Å²) in [5.41, 5.74) is 2.90. The van der Waals surface area contributed by atoms with Crippen LogP contribution in [0.25, 0.3) is 0 Å². The zero-order valence-electron chi connectivity index (χ0n) is 14.1. The van der Waals surface area contributed by atoms with E-state index in [1.54, 1.807) is 36.4 Å². The molecule has 0 atom stereocenters. The maximum Gasteiger partial charge on any atom is 0.255 e. The number of carbonyl (C=O) groups excluding carboxylic acids is 1. The van der Waals surface area contributed by atoms with Gasteiger partial charge in [-0.3, -0.25) is 4.79 Å². The molecule has 0 aliphatic carbocycles. The van der Waals surface area contributed by atoms with Crippen LogP contribution in [0.5, 0.6) is 5.75 Å². The Morgan fingerprint density at radius 3 is 2.70 bits per heavy atom. The number of benzene rings is 2. The van der Waals surface area contributed by atoms with Gasteiger partial charge in [-0.15, -0.1) is 6.42 Å². The monoisotopic (exact) mass is 449 g/mol. The Balaban J connectivity index is 1.91. The summed E-state index contributed by atoms with van der Waals surface area (Å²) in [6, 6.07) is 12.9. The molecule has 0 aromatic heterocycles. The van der Waals surface area contributed by atoms with Crippen LogP contribution in [0, 0.1) is 12.3 Å². The molecule has 2 N–H and O–H groups in total. The van der Waals surface area contributed by atoms with Gasteiger partial charge in [-0.2, -0.15) is 5.10 Å². The van der Waals surface area contributed by atoms with Crippen LogP contribution in [0.15, 0.2) is 63.0 Å². The van der Waals surface area contributed by atoms with Crippen LogP contribution in [-0.2, 0) is 14.8 Å². The Kier molecular flexibility index (Phi) is 7.55. The lowest BCUT2D eigenvalue weighted by molar-refractivity contribution is -0.119. The molecule has 27 heavy (non-hydrogen) atoms. The van der Waals surface area contributed by atoms with Gasteiger partial charge in [0.05, 0.1) is 17.7 Å². The third-order valence-electron chi connectivity index (χ3n) is 3.16. The fraction of sp³-hybridized carbons (Fsp3) is 0.111. The van der Waals surface area contributed by atoms with Crippen molar-refractivity contribution in [1.29, 1.82) is 0 Å². The number of rotatable bonds is 8. The highest BCUT2D eigenvalue weighted by Gasteiger charge is 2.14. The molecule has 7 nitrogen and oxygen atoms in total. The summed E-state index contributed by atoms with van der Waals surface area (Å²) in [6.07, 6.45) is 6.55. The normalized spacial score (nSPS) is 11.1. The zero-order valence-corrected chi connectivity index (χ0v) is 16.5. The van der Waals surface area contributed by atoms with Gasteiger partial charge in [0, 0.05) is 10.0 Å². The molecule has 2 aromatic carbocycles. The van der Waals surface area contributed by atoms with E-state index >= 15 is 0 Å². The van der Waals surface area contributed by atoms with Gasteiger partial charge in [0.15, 0.2) is 0 Å². The van der Waals surface area contributed by atoms with E-state index in [0.29, 0.717) is 11.3 Å². The van der Waals surface area contributed by atoms with Gasteiger partial charge in [-0.1, -0.05) is 40.0 Å². The summed E-state index contributed by atoms with van der Waals surface area (Å²) in [5, 5.41) is 3.81. The van der Waals surface area contributed by atoms with Crippen molar-refractivity contribution in [3.05, 3.63) is 58.6 Å². The van der Waals surface area contributed by atoms with E-state index in [1.165, 1.54) is 18.3 Å². The van der Waals surface area contributed by atoms with Crippen LogP contribution in [0.2, 0.25) is 0 Å². The molecule has 0 spiro atoms. The maximum absolute atomic E-state index is 12.0. The summed E-state index contributed by atoms with van der Waals surface area (Å²) >= 11 is 3.36. The first-order chi connectivity index (χ1) is 12.9. The summed E-state index contributed by atoms with van der Waals surface area (Å²) in [7, 11) is -3.76. The third-order valence-corrected chi connectivity index (χ3v) is 5.30. The molecule has 2 aromatic rings.